The molecular weight excluding hydrogens is 368 g/mol. The number of benzene rings is 1. The molecule has 1 aliphatic rings. The molecule has 1 aromatic rings. The van der Waals surface area contributed by atoms with Gasteiger partial charge in [0.2, 0.25) is 5.91 Å². The van der Waals surface area contributed by atoms with Crippen LogP contribution in [0.1, 0.15) is 25.3 Å². The van der Waals surface area contributed by atoms with Crippen LogP contribution >= 0.6 is 0 Å². The minimum absolute atomic E-state index is 0.0821. The molecule has 9 heteroatoms. The number of phenols is 1. The number of aliphatic hydroxyl groups excluding tert-OH is 3. The Balaban J connectivity index is 2.09. The average molecular weight is 396 g/mol. The number of aromatic hydroxyl groups is 1. The van der Waals surface area contributed by atoms with E-state index in [-0.39, 0.29) is 31.6 Å². The van der Waals surface area contributed by atoms with E-state index in [1.165, 1.54) is 12.1 Å². The maximum atomic E-state index is 12.5. The Morgan fingerprint density at radius 1 is 1.18 bits per heavy atom. The SMILES string of the molecule is CCOC(=O)[C@H](NC(=O)[C@@H](N)Cc1ccc(O)cc1)[C@@H]1CC[C@H](O)[C@H](O)[C@H]1O. The van der Waals surface area contributed by atoms with E-state index in [4.69, 9.17) is 10.5 Å². The van der Waals surface area contributed by atoms with Crippen LogP contribution in [-0.2, 0) is 20.7 Å². The summed E-state index contributed by atoms with van der Waals surface area (Å²) >= 11 is 0. The molecule has 2 rings (SSSR count). The predicted molar refractivity (Wildman–Crippen MR) is 99.1 cm³/mol. The first-order valence-electron chi connectivity index (χ1n) is 9.29. The number of hydrogen-bond acceptors (Lipinski definition) is 8. The topological polar surface area (TPSA) is 162 Å². The highest BCUT2D eigenvalue weighted by Crippen LogP contribution is 2.28. The molecule has 1 aliphatic carbocycles. The number of carbonyl (C=O) groups is 2. The van der Waals surface area contributed by atoms with Gasteiger partial charge >= 0.3 is 5.97 Å². The molecule has 7 N–H and O–H groups in total. The first-order valence-corrected chi connectivity index (χ1v) is 9.29. The Kier molecular flexibility index (Phi) is 7.76. The summed E-state index contributed by atoms with van der Waals surface area (Å²) in [5.74, 6) is -2.07. The lowest BCUT2D eigenvalue weighted by Gasteiger charge is -2.38. The van der Waals surface area contributed by atoms with Crippen LogP contribution in [0.4, 0.5) is 0 Å². The van der Waals surface area contributed by atoms with Gasteiger partial charge in [-0.2, -0.15) is 0 Å². The number of carbonyl (C=O) groups excluding carboxylic acids is 2. The van der Waals surface area contributed by atoms with Crippen LogP contribution < -0.4 is 11.1 Å². The molecule has 0 saturated heterocycles. The molecule has 6 atom stereocenters. The molecule has 0 heterocycles. The molecule has 0 spiro atoms. The van der Waals surface area contributed by atoms with Crippen molar-refractivity contribution in [3.05, 3.63) is 29.8 Å². The van der Waals surface area contributed by atoms with E-state index in [0.29, 0.717) is 0 Å². The zero-order valence-electron chi connectivity index (χ0n) is 15.7. The first-order chi connectivity index (χ1) is 13.2. The van der Waals surface area contributed by atoms with E-state index in [1.54, 1.807) is 19.1 Å². The third-order valence-corrected chi connectivity index (χ3v) is 4.97. The van der Waals surface area contributed by atoms with Gasteiger partial charge in [-0.3, -0.25) is 4.79 Å². The molecule has 0 radical (unpaired) electrons. The van der Waals surface area contributed by atoms with Gasteiger partial charge in [-0.1, -0.05) is 12.1 Å². The van der Waals surface area contributed by atoms with Gasteiger partial charge in [0.05, 0.1) is 24.9 Å². The van der Waals surface area contributed by atoms with Gasteiger partial charge in [-0.15, -0.1) is 0 Å². The van der Waals surface area contributed by atoms with Crippen LogP contribution in [-0.4, -0.2) is 69.3 Å². The van der Waals surface area contributed by atoms with Crippen LogP contribution in [0.25, 0.3) is 0 Å². The van der Waals surface area contributed by atoms with Gasteiger partial charge in [0, 0.05) is 5.92 Å². The molecule has 1 fully saturated rings. The lowest BCUT2D eigenvalue weighted by Crippen LogP contribution is -2.59. The van der Waals surface area contributed by atoms with E-state index in [2.05, 4.69) is 5.32 Å². The second kappa shape index (κ2) is 9.83. The predicted octanol–water partition coefficient (Wildman–Crippen LogP) is -1.20. The van der Waals surface area contributed by atoms with Crippen molar-refractivity contribution < 1.29 is 34.8 Å². The van der Waals surface area contributed by atoms with Crippen molar-refractivity contribution in [2.45, 2.75) is 56.6 Å². The Bertz CT molecular complexity index is 667. The van der Waals surface area contributed by atoms with Crippen molar-refractivity contribution in [3.63, 3.8) is 0 Å². The van der Waals surface area contributed by atoms with Crippen molar-refractivity contribution in [3.8, 4) is 5.75 Å². The monoisotopic (exact) mass is 396 g/mol. The highest BCUT2D eigenvalue weighted by molar-refractivity contribution is 5.87. The van der Waals surface area contributed by atoms with Crippen molar-refractivity contribution in [1.82, 2.24) is 5.32 Å². The number of nitrogens with one attached hydrogen (secondary N) is 1. The summed E-state index contributed by atoms with van der Waals surface area (Å²) in [6.45, 7) is 1.70. The van der Waals surface area contributed by atoms with E-state index in [1.807, 2.05) is 0 Å². The minimum Gasteiger partial charge on any atom is -0.508 e. The number of amides is 1. The summed E-state index contributed by atoms with van der Waals surface area (Å²) in [6.07, 6.45) is -3.34. The van der Waals surface area contributed by atoms with Crippen LogP contribution in [0.2, 0.25) is 0 Å². The average Bonchev–Trinajstić information content (AvgIpc) is 2.66. The summed E-state index contributed by atoms with van der Waals surface area (Å²) < 4.78 is 5.00. The smallest absolute Gasteiger partial charge is 0.329 e. The fourth-order valence-corrected chi connectivity index (χ4v) is 3.36. The number of esters is 1. The maximum absolute atomic E-state index is 12.5. The number of rotatable bonds is 7. The standard InChI is InChI=1S/C19H28N2O7/c1-2-28-19(27)15(12-7-8-14(23)17(25)16(12)24)21-18(26)13(20)9-10-3-5-11(22)6-4-10/h3-6,12-17,22-25H,2,7-9,20H2,1H3,(H,21,26)/t12-,13-,14-,15+,16-,17-/m0/s1. The molecule has 1 saturated carbocycles. The molecule has 28 heavy (non-hydrogen) atoms. The number of ether oxygens (including phenoxy) is 1. The van der Waals surface area contributed by atoms with E-state index < -0.39 is 48.2 Å². The lowest BCUT2D eigenvalue weighted by atomic mass is 9.78. The molecule has 9 nitrogen and oxygen atoms in total. The van der Waals surface area contributed by atoms with Gasteiger partial charge in [0.1, 0.15) is 17.9 Å². The number of aliphatic hydroxyl groups is 3. The largest absolute Gasteiger partial charge is 0.508 e. The van der Waals surface area contributed by atoms with Gasteiger partial charge < -0.3 is 36.2 Å². The second-order valence-corrected chi connectivity index (χ2v) is 7.01. The van der Waals surface area contributed by atoms with Crippen molar-refractivity contribution in [2.75, 3.05) is 6.61 Å². The van der Waals surface area contributed by atoms with E-state index in [0.717, 1.165) is 5.56 Å². The normalized spacial score (nSPS) is 26.9. The second-order valence-electron chi connectivity index (χ2n) is 7.01. The number of phenolic OH excluding ortho intramolecular Hbond substituents is 1. The van der Waals surface area contributed by atoms with E-state index in [9.17, 15) is 30.0 Å². The third kappa shape index (κ3) is 5.41. The fourth-order valence-electron chi connectivity index (χ4n) is 3.36. The first kappa shape index (κ1) is 22.1. The van der Waals surface area contributed by atoms with Gasteiger partial charge in [0.25, 0.3) is 0 Å². The fraction of sp³-hybridized carbons (Fsp3) is 0.579. The summed E-state index contributed by atoms with van der Waals surface area (Å²) in [7, 11) is 0. The van der Waals surface area contributed by atoms with Crippen LogP contribution in [0.5, 0.6) is 5.75 Å². The molecule has 1 amide bonds. The Labute approximate surface area is 163 Å². The molecule has 0 bridgehead atoms. The highest BCUT2D eigenvalue weighted by atomic mass is 16.5. The third-order valence-electron chi connectivity index (χ3n) is 4.97. The highest BCUT2D eigenvalue weighted by Gasteiger charge is 2.44. The van der Waals surface area contributed by atoms with E-state index >= 15 is 0 Å². The molecule has 1 aromatic carbocycles. The van der Waals surface area contributed by atoms with Gasteiger partial charge in [-0.05, 0) is 43.9 Å². The Morgan fingerprint density at radius 3 is 2.43 bits per heavy atom. The van der Waals surface area contributed by atoms with Gasteiger partial charge in [-0.25, -0.2) is 4.79 Å². The zero-order chi connectivity index (χ0) is 20.8. The Hall–Kier alpha value is -2.20. The summed E-state index contributed by atoms with van der Waals surface area (Å²) in [4.78, 5) is 24.9. The number of hydrogen-bond donors (Lipinski definition) is 6. The van der Waals surface area contributed by atoms with Crippen LogP contribution in [0.3, 0.4) is 0 Å². The van der Waals surface area contributed by atoms with Gasteiger partial charge in [0.15, 0.2) is 0 Å². The van der Waals surface area contributed by atoms with Crippen molar-refractivity contribution >= 4 is 11.9 Å². The lowest BCUT2D eigenvalue weighted by molar-refractivity contribution is -0.158. The molecule has 0 aliphatic heterocycles. The zero-order valence-corrected chi connectivity index (χ0v) is 15.7. The summed E-state index contributed by atoms with van der Waals surface area (Å²) in [6, 6.07) is 4.05. The molecule has 0 unspecified atom stereocenters. The van der Waals surface area contributed by atoms with Crippen LogP contribution in [0.15, 0.2) is 24.3 Å². The number of nitrogens with two attached hydrogens (primary N) is 1. The van der Waals surface area contributed by atoms with Crippen molar-refractivity contribution in [1.29, 1.82) is 0 Å². The Morgan fingerprint density at radius 2 is 1.82 bits per heavy atom. The molecular formula is C19H28N2O7. The maximum Gasteiger partial charge on any atom is 0.329 e. The minimum atomic E-state index is -1.42. The quantitative estimate of drug-likeness (QED) is 0.313. The van der Waals surface area contributed by atoms with Crippen molar-refractivity contribution in [2.24, 2.45) is 11.7 Å². The van der Waals surface area contributed by atoms with Crippen LogP contribution in [0, 0.1) is 5.92 Å². The summed E-state index contributed by atoms with van der Waals surface area (Å²) in [5, 5.41) is 41.7. The summed E-state index contributed by atoms with van der Waals surface area (Å²) in [5.41, 5.74) is 6.67. The molecule has 0 aromatic heterocycles. The molecule has 156 valence electrons.